The van der Waals surface area contributed by atoms with Crippen molar-refractivity contribution in [3.05, 3.63) is 66.4 Å². The largest absolute Gasteiger partial charge is 0.139 e. The molecule has 0 aliphatic rings. The van der Waals surface area contributed by atoms with Crippen LogP contribution in [0.4, 0.5) is 0 Å². The Morgan fingerprint density at radius 3 is 1.77 bits per heavy atom. The van der Waals surface area contributed by atoms with Crippen molar-refractivity contribution in [2.24, 2.45) is 5.92 Å². The highest BCUT2D eigenvalue weighted by molar-refractivity contribution is 9.11. The molecule has 0 radical (unpaired) electrons. The van der Waals surface area contributed by atoms with Crippen molar-refractivity contribution in [1.82, 2.24) is 0 Å². The van der Waals surface area contributed by atoms with Gasteiger partial charge < -0.3 is 0 Å². The minimum absolute atomic E-state index is 0.0182. The summed E-state index contributed by atoms with van der Waals surface area (Å²) in [4.78, 5) is 10.2. The Kier molecular flexibility index (Phi) is 13.9. The van der Waals surface area contributed by atoms with Crippen LogP contribution >= 0.6 is 61.3 Å². The van der Waals surface area contributed by atoms with E-state index in [-0.39, 0.29) is 10.8 Å². The van der Waals surface area contributed by atoms with Crippen LogP contribution in [-0.2, 0) is 17.3 Å². The summed E-state index contributed by atoms with van der Waals surface area (Å²) in [6.07, 6.45) is 17.9. The van der Waals surface area contributed by atoms with E-state index in [1.807, 2.05) is 34.0 Å². The van der Waals surface area contributed by atoms with Crippen LogP contribution in [0.25, 0.3) is 19.5 Å². The first-order chi connectivity index (χ1) is 21.0. The number of halogens is 1. The fourth-order valence-electron chi connectivity index (χ4n) is 6.06. The van der Waals surface area contributed by atoms with Gasteiger partial charge in [0, 0.05) is 39.6 Å². The van der Waals surface area contributed by atoms with E-state index in [4.69, 9.17) is 0 Å². The Morgan fingerprint density at radius 2 is 1.14 bits per heavy atom. The monoisotopic (exact) mass is 730 g/mol. The summed E-state index contributed by atoms with van der Waals surface area (Å²) in [5.74, 6) is 0.804. The Hall–Kier alpha value is -0.720. The van der Waals surface area contributed by atoms with Gasteiger partial charge in [0.15, 0.2) is 0 Å². The highest BCUT2D eigenvalue weighted by Crippen LogP contribution is 2.47. The third-order valence-electron chi connectivity index (χ3n) is 8.97. The van der Waals surface area contributed by atoms with Crippen LogP contribution < -0.4 is 0 Å². The van der Waals surface area contributed by atoms with Gasteiger partial charge in [-0.3, -0.25) is 0 Å². The molecule has 4 aromatic heterocycles. The van der Waals surface area contributed by atoms with Crippen molar-refractivity contribution in [2.75, 3.05) is 0 Å². The van der Waals surface area contributed by atoms with E-state index in [0.717, 1.165) is 5.92 Å². The molecule has 0 spiro atoms. The molecule has 0 bridgehead atoms. The van der Waals surface area contributed by atoms with Crippen molar-refractivity contribution in [3.63, 3.8) is 0 Å². The van der Waals surface area contributed by atoms with Gasteiger partial charge in [-0.05, 0) is 81.7 Å². The lowest BCUT2D eigenvalue weighted by Gasteiger charge is -2.21. The summed E-state index contributed by atoms with van der Waals surface area (Å²) >= 11 is 11.5. The van der Waals surface area contributed by atoms with Crippen LogP contribution in [0.3, 0.4) is 0 Å². The second-order valence-electron chi connectivity index (χ2n) is 14.2. The second kappa shape index (κ2) is 16.9. The van der Waals surface area contributed by atoms with Crippen molar-refractivity contribution >= 4 is 61.3 Å². The Labute approximate surface area is 293 Å². The molecular formula is C39H55BrS4. The Bertz CT molecular complexity index is 1410. The predicted molar refractivity (Wildman–Crippen MR) is 208 cm³/mol. The molecule has 0 aliphatic heterocycles. The van der Waals surface area contributed by atoms with Gasteiger partial charge in [0.2, 0.25) is 0 Å². The number of unbranched alkanes of at least 4 members (excludes halogenated alkanes) is 8. The lowest BCUT2D eigenvalue weighted by atomic mass is 9.87. The third-order valence-corrected chi connectivity index (χ3v) is 15.4. The first-order valence-corrected chi connectivity index (χ1v) is 21.2. The number of rotatable bonds is 18. The first-order valence-electron chi connectivity index (χ1n) is 17.1. The fraction of sp³-hybridized carbons (Fsp3) is 0.590. The maximum atomic E-state index is 3.66. The van der Waals surface area contributed by atoms with Gasteiger partial charge in [-0.25, -0.2) is 0 Å². The summed E-state index contributed by atoms with van der Waals surface area (Å²) in [5, 5.41) is 0. The van der Waals surface area contributed by atoms with Gasteiger partial charge in [0.25, 0.3) is 0 Å². The molecule has 4 aromatic rings. The van der Waals surface area contributed by atoms with Crippen molar-refractivity contribution in [3.8, 4) is 19.5 Å². The van der Waals surface area contributed by atoms with E-state index >= 15 is 0 Å². The van der Waals surface area contributed by atoms with Gasteiger partial charge >= 0.3 is 0 Å². The molecule has 1 atom stereocenters. The molecule has 0 saturated carbocycles. The van der Waals surface area contributed by atoms with Crippen LogP contribution in [0.5, 0.6) is 0 Å². The third kappa shape index (κ3) is 9.89. The van der Waals surface area contributed by atoms with Crippen LogP contribution in [0.15, 0.2) is 46.3 Å². The maximum absolute atomic E-state index is 3.66. The average molecular weight is 732 g/mol. The number of hydrogen-bond donors (Lipinski definition) is 0. The molecule has 4 heterocycles. The highest BCUT2D eigenvalue weighted by atomic mass is 79.9. The van der Waals surface area contributed by atoms with E-state index in [1.165, 1.54) is 121 Å². The molecule has 5 heteroatoms. The van der Waals surface area contributed by atoms with E-state index in [2.05, 4.69) is 118 Å². The number of thiophene rings is 4. The molecule has 0 aliphatic carbocycles. The van der Waals surface area contributed by atoms with Crippen LogP contribution in [0, 0.1) is 5.92 Å². The van der Waals surface area contributed by atoms with E-state index in [1.54, 1.807) is 5.56 Å². The predicted octanol–water partition coefficient (Wildman–Crippen LogP) is 15.5. The molecular weight excluding hydrogens is 677 g/mol. The first kappa shape index (κ1) is 36.1. The van der Waals surface area contributed by atoms with Crippen molar-refractivity contribution in [1.29, 1.82) is 0 Å². The number of hydrogen-bond acceptors (Lipinski definition) is 4. The molecule has 4 rings (SSSR count). The average Bonchev–Trinajstić information content (AvgIpc) is 3.78. The summed E-state index contributed by atoms with van der Waals surface area (Å²) in [6.45, 7) is 16.5. The smallest absolute Gasteiger partial charge is 0.0701 e. The molecule has 0 nitrogen and oxygen atoms in total. The summed E-state index contributed by atoms with van der Waals surface area (Å²) in [6, 6.07) is 16.5. The van der Waals surface area contributed by atoms with E-state index in [9.17, 15) is 0 Å². The Balaban J connectivity index is 1.55. The van der Waals surface area contributed by atoms with Crippen molar-refractivity contribution in [2.45, 2.75) is 143 Å². The maximum Gasteiger partial charge on any atom is 0.0701 e. The molecule has 0 fully saturated rings. The van der Waals surface area contributed by atoms with Gasteiger partial charge in [-0.2, -0.15) is 0 Å². The zero-order valence-corrected chi connectivity index (χ0v) is 33.2. The normalized spacial score (nSPS) is 13.2. The van der Waals surface area contributed by atoms with Crippen molar-refractivity contribution < 1.29 is 0 Å². The second-order valence-corrected chi connectivity index (χ2v) is 19.9. The molecule has 0 amide bonds. The molecule has 0 aromatic carbocycles. The lowest BCUT2D eigenvalue weighted by Crippen LogP contribution is -2.15. The highest BCUT2D eigenvalue weighted by Gasteiger charge is 2.28. The van der Waals surface area contributed by atoms with E-state index < -0.39 is 0 Å². The molecule has 0 saturated heterocycles. The molecule has 1 unspecified atom stereocenters. The topological polar surface area (TPSA) is 0 Å². The van der Waals surface area contributed by atoms with Crippen LogP contribution in [-0.4, -0.2) is 0 Å². The minimum atomic E-state index is 0.0182. The lowest BCUT2D eigenvalue weighted by molar-refractivity contribution is 0.402. The standard InChI is InChI=1S/C39H55BrS4/c1-8-10-12-14-15-17-19-28(18-16-13-11-9-2)26-29-27-35(38(3,4)5)44-37(29)32-21-20-30(41-32)31-22-23-33(42-31)39(6,7)34-24-25-36(40)43-34/h20-25,27-28H,8-19,26H2,1-7H3. The van der Waals surface area contributed by atoms with Crippen LogP contribution in [0.1, 0.15) is 146 Å². The minimum Gasteiger partial charge on any atom is -0.139 e. The molecule has 0 N–H and O–H groups in total. The van der Waals surface area contributed by atoms with Gasteiger partial charge in [0.1, 0.15) is 0 Å². The van der Waals surface area contributed by atoms with Gasteiger partial charge in [-0.15, -0.1) is 45.3 Å². The Morgan fingerprint density at radius 1 is 0.591 bits per heavy atom. The van der Waals surface area contributed by atoms with Gasteiger partial charge in [-0.1, -0.05) is 126 Å². The summed E-state index contributed by atoms with van der Waals surface area (Å²) in [5.41, 5.74) is 1.80. The fourth-order valence-corrected chi connectivity index (χ4v) is 11.2. The molecule has 44 heavy (non-hydrogen) atoms. The van der Waals surface area contributed by atoms with E-state index in [0.29, 0.717) is 0 Å². The zero-order valence-electron chi connectivity index (χ0n) is 28.3. The molecule has 242 valence electrons. The van der Waals surface area contributed by atoms with Gasteiger partial charge in [0.05, 0.1) is 3.79 Å². The quantitative estimate of drug-likeness (QED) is 0.0894. The zero-order chi connectivity index (χ0) is 31.7. The summed E-state index contributed by atoms with van der Waals surface area (Å²) < 4.78 is 1.21. The van der Waals surface area contributed by atoms with Crippen LogP contribution in [0.2, 0.25) is 0 Å². The summed E-state index contributed by atoms with van der Waals surface area (Å²) in [7, 11) is 0. The SMILES string of the molecule is CCCCCCCCC(CCCCCC)Cc1cc(C(C)(C)C)sc1-c1ccc(-c2ccc(C(C)(C)c3ccc(Br)s3)s2)s1.